The van der Waals surface area contributed by atoms with Crippen LogP contribution < -0.4 is 0 Å². The second-order valence-corrected chi connectivity index (χ2v) is 5.33. The number of nitrogens with zero attached hydrogens (tertiary/aromatic N) is 1. The van der Waals surface area contributed by atoms with E-state index in [1.165, 1.54) is 0 Å². The van der Waals surface area contributed by atoms with E-state index in [9.17, 15) is 4.79 Å². The lowest BCUT2D eigenvalue weighted by atomic mass is 9.94. The van der Waals surface area contributed by atoms with Crippen LogP contribution in [0.25, 0.3) is 0 Å². The third-order valence-electron chi connectivity index (χ3n) is 4.04. The summed E-state index contributed by atoms with van der Waals surface area (Å²) in [7, 11) is 0. The Hall–Kier alpha value is -1.35. The van der Waals surface area contributed by atoms with Crippen molar-refractivity contribution in [3.63, 3.8) is 0 Å². The maximum absolute atomic E-state index is 12.6. The van der Waals surface area contributed by atoms with Crippen LogP contribution in [0.1, 0.15) is 44.1 Å². The molecule has 0 bridgehead atoms. The van der Waals surface area contributed by atoms with Crippen LogP contribution >= 0.6 is 0 Å². The molecule has 1 aliphatic rings. The minimum Gasteiger partial charge on any atom is -0.396 e. The number of hydrogen-bond donors (Lipinski definition) is 1. The van der Waals surface area contributed by atoms with E-state index in [4.69, 9.17) is 5.11 Å². The van der Waals surface area contributed by atoms with E-state index < -0.39 is 0 Å². The van der Waals surface area contributed by atoms with Crippen molar-refractivity contribution >= 4 is 5.91 Å². The first-order chi connectivity index (χ1) is 9.24. The van der Waals surface area contributed by atoms with Crippen molar-refractivity contribution < 1.29 is 9.90 Å². The summed E-state index contributed by atoms with van der Waals surface area (Å²) in [6, 6.07) is 10.1. The number of carbonyl (C=O) groups is 1. The molecule has 1 aromatic rings. The van der Waals surface area contributed by atoms with Crippen molar-refractivity contribution in [1.82, 2.24) is 4.90 Å². The molecule has 0 spiro atoms. The molecular formula is C16H23NO2. The van der Waals surface area contributed by atoms with E-state index >= 15 is 0 Å². The van der Waals surface area contributed by atoms with Gasteiger partial charge in [-0.2, -0.15) is 0 Å². The van der Waals surface area contributed by atoms with Gasteiger partial charge in [0.25, 0.3) is 0 Å². The summed E-state index contributed by atoms with van der Waals surface area (Å²) >= 11 is 0. The van der Waals surface area contributed by atoms with Crippen molar-refractivity contribution in [3.8, 4) is 0 Å². The van der Waals surface area contributed by atoms with Crippen LogP contribution in [0.3, 0.4) is 0 Å². The summed E-state index contributed by atoms with van der Waals surface area (Å²) in [4.78, 5) is 14.6. The van der Waals surface area contributed by atoms with Crippen LogP contribution in [-0.2, 0) is 4.79 Å². The fraction of sp³-hybridized carbons (Fsp3) is 0.562. The number of aliphatic hydroxyl groups excluding tert-OH is 1. The topological polar surface area (TPSA) is 40.5 Å². The molecule has 2 rings (SSSR count). The van der Waals surface area contributed by atoms with E-state index in [0.29, 0.717) is 6.42 Å². The van der Waals surface area contributed by atoms with Crippen LogP contribution in [0.5, 0.6) is 0 Å². The zero-order valence-electron chi connectivity index (χ0n) is 11.6. The van der Waals surface area contributed by atoms with Gasteiger partial charge in [0.2, 0.25) is 5.91 Å². The molecule has 1 saturated heterocycles. The Kier molecular flexibility index (Phi) is 4.97. The number of amides is 1. The number of likely N-dealkylation sites (tertiary alicyclic amines) is 1. The highest BCUT2D eigenvalue weighted by atomic mass is 16.3. The summed E-state index contributed by atoms with van der Waals surface area (Å²) in [5.41, 5.74) is 1.07. The van der Waals surface area contributed by atoms with Gasteiger partial charge in [-0.3, -0.25) is 4.79 Å². The summed E-state index contributed by atoms with van der Waals surface area (Å²) < 4.78 is 0. The van der Waals surface area contributed by atoms with E-state index in [-0.39, 0.29) is 24.5 Å². The van der Waals surface area contributed by atoms with Crippen LogP contribution in [0, 0.1) is 0 Å². The first kappa shape index (κ1) is 14.1. The third-order valence-corrected chi connectivity index (χ3v) is 4.04. The van der Waals surface area contributed by atoms with Crippen molar-refractivity contribution in [1.29, 1.82) is 0 Å². The van der Waals surface area contributed by atoms with Gasteiger partial charge in [0.1, 0.15) is 0 Å². The summed E-state index contributed by atoms with van der Waals surface area (Å²) in [5, 5.41) is 9.14. The zero-order valence-corrected chi connectivity index (χ0v) is 11.6. The highest BCUT2D eigenvalue weighted by Crippen LogP contribution is 2.25. The van der Waals surface area contributed by atoms with Crippen LogP contribution in [0.15, 0.2) is 30.3 Å². The fourth-order valence-corrected chi connectivity index (χ4v) is 2.87. The van der Waals surface area contributed by atoms with E-state index in [0.717, 1.165) is 31.4 Å². The molecule has 1 fully saturated rings. The Morgan fingerprint density at radius 3 is 2.79 bits per heavy atom. The maximum atomic E-state index is 12.6. The molecule has 104 valence electrons. The Morgan fingerprint density at radius 1 is 1.37 bits per heavy atom. The molecule has 1 N–H and O–H groups in total. The molecule has 3 nitrogen and oxygen atoms in total. The molecule has 3 heteroatoms. The van der Waals surface area contributed by atoms with Crippen LogP contribution in [-0.4, -0.2) is 35.1 Å². The van der Waals surface area contributed by atoms with Gasteiger partial charge in [-0.25, -0.2) is 0 Å². The van der Waals surface area contributed by atoms with Crippen molar-refractivity contribution in [2.45, 2.75) is 44.6 Å². The SMILES string of the molecule is CC(C(=O)N1CCCCC1CCO)c1ccccc1. The first-order valence-electron chi connectivity index (χ1n) is 7.20. The summed E-state index contributed by atoms with van der Waals surface area (Å²) in [6.45, 7) is 2.97. The minimum atomic E-state index is -0.0968. The lowest BCUT2D eigenvalue weighted by Crippen LogP contribution is -2.45. The van der Waals surface area contributed by atoms with Gasteiger partial charge < -0.3 is 10.0 Å². The number of aliphatic hydroxyl groups is 1. The van der Waals surface area contributed by atoms with Gasteiger partial charge >= 0.3 is 0 Å². The highest BCUT2D eigenvalue weighted by molar-refractivity contribution is 5.83. The zero-order chi connectivity index (χ0) is 13.7. The van der Waals surface area contributed by atoms with Crippen LogP contribution in [0.2, 0.25) is 0 Å². The van der Waals surface area contributed by atoms with E-state index in [2.05, 4.69) is 0 Å². The van der Waals surface area contributed by atoms with E-state index in [1.807, 2.05) is 42.2 Å². The molecule has 0 aromatic heterocycles. The van der Waals surface area contributed by atoms with E-state index in [1.54, 1.807) is 0 Å². The fourth-order valence-electron chi connectivity index (χ4n) is 2.87. The largest absolute Gasteiger partial charge is 0.396 e. The van der Waals surface area contributed by atoms with Crippen molar-refractivity contribution in [2.75, 3.05) is 13.2 Å². The number of benzene rings is 1. The predicted octanol–water partition coefficient (Wildman–Crippen LogP) is 2.55. The molecule has 2 unspecified atom stereocenters. The molecule has 0 aliphatic carbocycles. The smallest absolute Gasteiger partial charge is 0.230 e. The Labute approximate surface area is 115 Å². The Bertz CT molecular complexity index is 402. The highest BCUT2D eigenvalue weighted by Gasteiger charge is 2.29. The van der Waals surface area contributed by atoms with Gasteiger partial charge in [-0.1, -0.05) is 30.3 Å². The molecule has 19 heavy (non-hydrogen) atoms. The monoisotopic (exact) mass is 261 g/mol. The Morgan fingerprint density at radius 2 is 2.11 bits per heavy atom. The number of rotatable bonds is 4. The number of carbonyl (C=O) groups excluding carboxylic acids is 1. The van der Waals surface area contributed by atoms with Crippen molar-refractivity contribution in [2.24, 2.45) is 0 Å². The van der Waals surface area contributed by atoms with Gasteiger partial charge in [-0.15, -0.1) is 0 Å². The van der Waals surface area contributed by atoms with Gasteiger partial charge in [-0.05, 0) is 38.2 Å². The Balaban J connectivity index is 2.08. The second kappa shape index (κ2) is 6.71. The molecule has 1 heterocycles. The first-order valence-corrected chi connectivity index (χ1v) is 7.20. The average molecular weight is 261 g/mol. The summed E-state index contributed by atoms with van der Waals surface area (Å²) in [6.07, 6.45) is 3.96. The van der Waals surface area contributed by atoms with Gasteiger partial charge in [0, 0.05) is 19.2 Å². The quantitative estimate of drug-likeness (QED) is 0.905. The normalized spacial score (nSPS) is 21.2. The maximum Gasteiger partial charge on any atom is 0.230 e. The number of hydrogen-bond acceptors (Lipinski definition) is 2. The lowest BCUT2D eigenvalue weighted by molar-refractivity contribution is -0.136. The molecule has 0 radical (unpaired) electrons. The average Bonchev–Trinajstić information content (AvgIpc) is 2.47. The molecular weight excluding hydrogens is 238 g/mol. The molecule has 2 atom stereocenters. The summed E-state index contributed by atoms with van der Waals surface area (Å²) in [5.74, 6) is 0.102. The molecule has 1 aliphatic heterocycles. The van der Waals surface area contributed by atoms with Crippen LogP contribution in [0.4, 0.5) is 0 Å². The van der Waals surface area contributed by atoms with Crippen molar-refractivity contribution in [3.05, 3.63) is 35.9 Å². The molecule has 1 amide bonds. The molecule has 0 saturated carbocycles. The lowest BCUT2D eigenvalue weighted by Gasteiger charge is -2.37. The predicted molar refractivity (Wildman–Crippen MR) is 75.9 cm³/mol. The second-order valence-electron chi connectivity index (χ2n) is 5.33. The van der Waals surface area contributed by atoms with Gasteiger partial charge in [0.15, 0.2) is 0 Å². The number of piperidine rings is 1. The molecule has 1 aromatic carbocycles. The third kappa shape index (κ3) is 3.35. The standard InChI is InChI=1S/C16H23NO2/c1-13(14-7-3-2-4-8-14)16(19)17-11-6-5-9-15(17)10-12-18/h2-4,7-8,13,15,18H,5-6,9-12H2,1H3. The minimum absolute atomic E-state index is 0.0968. The van der Waals surface area contributed by atoms with Gasteiger partial charge in [0.05, 0.1) is 5.92 Å².